The van der Waals surface area contributed by atoms with Crippen LogP contribution in [0.1, 0.15) is 33.5 Å². The van der Waals surface area contributed by atoms with Crippen LogP contribution >= 0.6 is 0 Å². The molecule has 3 heterocycles. The molecular formula is C29H32F3N7O3. The number of nitrogens with zero attached hydrogens (tertiary/aromatic N) is 5. The highest BCUT2D eigenvalue weighted by molar-refractivity contribution is 6.07. The number of aromatic nitrogens is 2. The van der Waals surface area contributed by atoms with Crippen LogP contribution in [0.4, 0.5) is 41.1 Å². The average molecular weight is 584 g/mol. The Kier molecular flexibility index (Phi) is 8.59. The van der Waals surface area contributed by atoms with E-state index < -0.39 is 17.6 Å². The van der Waals surface area contributed by atoms with Crippen LogP contribution in [0.5, 0.6) is 0 Å². The molecule has 2 aliphatic heterocycles. The van der Waals surface area contributed by atoms with Gasteiger partial charge in [-0.3, -0.25) is 19.5 Å². The number of carbonyl (C=O) groups excluding carboxylic acids is 2. The second-order valence-corrected chi connectivity index (χ2v) is 10.2. The van der Waals surface area contributed by atoms with Gasteiger partial charge in [-0.05, 0) is 55.8 Å². The lowest BCUT2D eigenvalue weighted by Gasteiger charge is -2.35. The van der Waals surface area contributed by atoms with Crippen molar-refractivity contribution < 1.29 is 27.5 Å². The van der Waals surface area contributed by atoms with E-state index >= 15 is 0 Å². The van der Waals surface area contributed by atoms with E-state index in [0.717, 1.165) is 62.5 Å². The number of rotatable bonds is 8. The maximum atomic E-state index is 13.4. The summed E-state index contributed by atoms with van der Waals surface area (Å²) >= 11 is 0. The summed E-state index contributed by atoms with van der Waals surface area (Å²) in [6.45, 7) is 7.07. The molecule has 5 rings (SSSR count). The Morgan fingerprint density at radius 3 is 2.67 bits per heavy atom. The van der Waals surface area contributed by atoms with Gasteiger partial charge in [-0.1, -0.05) is 12.1 Å². The SMILES string of the molecule is Cc1ccc(NC(=O)c2cccc(C(F)(F)F)c2)cc1N1Cc2cnc(NCCCN3CCOCC3)nc2N(C)C1=O. The van der Waals surface area contributed by atoms with Gasteiger partial charge in [-0.2, -0.15) is 18.2 Å². The minimum Gasteiger partial charge on any atom is -0.379 e. The van der Waals surface area contributed by atoms with Crippen LogP contribution in [-0.2, 0) is 17.5 Å². The number of fused-ring (bicyclic) bond motifs is 1. The average Bonchev–Trinajstić information content (AvgIpc) is 2.98. The summed E-state index contributed by atoms with van der Waals surface area (Å²) < 4.78 is 44.7. The van der Waals surface area contributed by atoms with Crippen LogP contribution in [0, 0.1) is 6.92 Å². The summed E-state index contributed by atoms with van der Waals surface area (Å²) in [5, 5.41) is 5.88. The summed E-state index contributed by atoms with van der Waals surface area (Å²) in [6.07, 6.45) is -1.95. The smallest absolute Gasteiger partial charge is 0.379 e. The largest absolute Gasteiger partial charge is 0.416 e. The number of benzene rings is 2. The number of hydrogen-bond acceptors (Lipinski definition) is 7. The number of morpholine rings is 1. The van der Waals surface area contributed by atoms with Gasteiger partial charge in [0, 0.05) is 49.7 Å². The normalized spacial score (nSPS) is 15.9. The zero-order valence-electron chi connectivity index (χ0n) is 23.4. The van der Waals surface area contributed by atoms with E-state index in [2.05, 4.69) is 25.5 Å². The van der Waals surface area contributed by atoms with Gasteiger partial charge in [0.1, 0.15) is 5.82 Å². The molecule has 0 unspecified atom stereocenters. The van der Waals surface area contributed by atoms with Crippen molar-refractivity contribution in [1.29, 1.82) is 0 Å². The van der Waals surface area contributed by atoms with Gasteiger partial charge >= 0.3 is 12.2 Å². The van der Waals surface area contributed by atoms with Crippen LogP contribution in [0.15, 0.2) is 48.7 Å². The molecule has 42 heavy (non-hydrogen) atoms. The van der Waals surface area contributed by atoms with Crippen LogP contribution in [0.25, 0.3) is 0 Å². The molecule has 2 aromatic carbocycles. The molecule has 3 aromatic rings. The fourth-order valence-electron chi connectivity index (χ4n) is 4.93. The van der Waals surface area contributed by atoms with Crippen molar-refractivity contribution in [3.05, 3.63) is 70.9 Å². The topological polar surface area (TPSA) is 103 Å². The van der Waals surface area contributed by atoms with E-state index in [0.29, 0.717) is 29.7 Å². The van der Waals surface area contributed by atoms with Crippen molar-refractivity contribution in [2.24, 2.45) is 0 Å². The number of aryl methyl sites for hydroxylation is 1. The van der Waals surface area contributed by atoms with Gasteiger partial charge in [0.15, 0.2) is 0 Å². The van der Waals surface area contributed by atoms with E-state index in [1.54, 1.807) is 36.3 Å². The van der Waals surface area contributed by atoms with Crippen LogP contribution in [-0.4, -0.2) is 73.2 Å². The van der Waals surface area contributed by atoms with Crippen molar-refractivity contribution in [3.8, 4) is 0 Å². The van der Waals surface area contributed by atoms with Crippen molar-refractivity contribution in [2.75, 3.05) is 66.9 Å². The Bertz CT molecular complexity index is 1460. The maximum absolute atomic E-state index is 13.4. The number of halogens is 3. The molecule has 0 atom stereocenters. The summed E-state index contributed by atoms with van der Waals surface area (Å²) in [7, 11) is 1.64. The highest BCUT2D eigenvalue weighted by Crippen LogP contribution is 2.34. The lowest BCUT2D eigenvalue weighted by Crippen LogP contribution is -2.46. The van der Waals surface area contributed by atoms with E-state index in [1.165, 1.54) is 17.0 Å². The first-order chi connectivity index (χ1) is 20.1. The number of carbonyl (C=O) groups is 2. The van der Waals surface area contributed by atoms with Gasteiger partial charge in [-0.15, -0.1) is 0 Å². The third kappa shape index (κ3) is 6.63. The predicted molar refractivity (Wildman–Crippen MR) is 153 cm³/mol. The fourth-order valence-corrected chi connectivity index (χ4v) is 4.93. The molecule has 2 N–H and O–H groups in total. The van der Waals surface area contributed by atoms with E-state index in [1.807, 2.05) is 6.92 Å². The number of alkyl halides is 3. The van der Waals surface area contributed by atoms with Gasteiger partial charge in [0.25, 0.3) is 5.91 Å². The van der Waals surface area contributed by atoms with Crippen LogP contribution < -0.4 is 20.4 Å². The fraction of sp³-hybridized carbons (Fsp3) is 0.379. The van der Waals surface area contributed by atoms with Crippen LogP contribution in [0.3, 0.4) is 0 Å². The number of nitrogens with one attached hydrogen (secondary N) is 2. The van der Waals surface area contributed by atoms with Gasteiger partial charge in [0.2, 0.25) is 5.95 Å². The molecule has 222 valence electrons. The lowest BCUT2D eigenvalue weighted by atomic mass is 10.1. The molecule has 1 aromatic heterocycles. The van der Waals surface area contributed by atoms with E-state index in [4.69, 9.17) is 4.74 Å². The Hall–Kier alpha value is -4.23. The van der Waals surface area contributed by atoms with Crippen LogP contribution in [0.2, 0.25) is 0 Å². The molecule has 1 fully saturated rings. The highest BCUT2D eigenvalue weighted by atomic mass is 19.4. The second-order valence-electron chi connectivity index (χ2n) is 10.2. The number of amides is 3. The lowest BCUT2D eigenvalue weighted by molar-refractivity contribution is -0.137. The molecule has 0 bridgehead atoms. The molecule has 3 amide bonds. The number of hydrogen-bond donors (Lipinski definition) is 2. The third-order valence-electron chi connectivity index (χ3n) is 7.25. The molecule has 0 spiro atoms. The van der Waals surface area contributed by atoms with Gasteiger partial charge < -0.3 is 15.4 Å². The maximum Gasteiger partial charge on any atom is 0.416 e. The van der Waals surface area contributed by atoms with Gasteiger partial charge in [0.05, 0.1) is 31.0 Å². The standard InChI is InChI=1S/C29H32F3N7O3/c1-19-7-8-23(35-26(40)20-5-3-6-22(15-20)29(30,31)32)16-24(19)39-18-21-17-34-27(36-25(21)37(2)28(39)41)33-9-4-10-38-11-13-42-14-12-38/h3,5-8,15-17H,4,9-14,18H2,1-2H3,(H,35,40)(H,33,34,36). The Balaban J connectivity index is 1.26. The zero-order valence-corrected chi connectivity index (χ0v) is 23.4. The summed E-state index contributed by atoms with van der Waals surface area (Å²) in [4.78, 5) is 40.6. The first kappa shape index (κ1) is 29.3. The molecule has 1 saturated heterocycles. The minimum atomic E-state index is -4.56. The molecule has 10 nitrogen and oxygen atoms in total. The molecule has 2 aliphatic rings. The predicted octanol–water partition coefficient (Wildman–Crippen LogP) is 4.77. The minimum absolute atomic E-state index is 0.127. The second kappa shape index (κ2) is 12.3. The number of ether oxygens (including phenoxy) is 1. The van der Waals surface area contributed by atoms with E-state index in [9.17, 15) is 22.8 Å². The third-order valence-corrected chi connectivity index (χ3v) is 7.25. The van der Waals surface area contributed by atoms with Crippen molar-refractivity contribution in [1.82, 2.24) is 14.9 Å². The van der Waals surface area contributed by atoms with Gasteiger partial charge in [-0.25, -0.2) is 9.78 Å². The summed E-state index contributed by atoms with van der Waals surface area (Å²) in [6, 6.07) is 8.90. The first-order valence-corrected chi connectivity index (χ1v) is 13.6. The molecule has 0 radical (unpaired) electrons. The molecular weight excluding hydrogens is 551 g/mol. The van der Waals surface area contributed by atoms with E-state index in [-0.39, 0.29) is 18.1 Å². The Labute approximate surface area is 241 Å². The zero-order chi connectivity index (χ0) is 29.9. The number of anilines is 4. The summed E-state index contributed by atoms with van der Waals surface area (Å²) in [5.74, 6) is 0.259. The first-order valence-electron chi connectivity index (χ1n) is 13.6. The van der Waals surface area contributed by atoms with Crippen molar-refractivity contribution in [2.45, 2.75) is 26.1 Å². The van der Waals surface area contributed by atoms with Crippen molar-refractivity contribution >= 4 is 35.1 Å². The monoisotopic (exact) mass is 583 g/mol. The Morgan fingerprint density at radius 2 is 1.90 bits per heavy atom. The number of urea groups is 1. The quantitative estimate of drug-likeness (QED) is 0.369. The molecule has 0 aliphatic carbocycles. The summed E-state index contributed by atoms with van der Waals surface area (Å²) in [5.41, 5.74) is 1.37. The van der Waals surface area contributed by atoms with Crippen molar-refractivity contribution in [3.63, 3.8) is 0 Å². The Morgan fingerprint density at radius 1 is 1.12 bits per heavy atom. The molecule has 13 heteroatoms. The molecule has 0 saturated carbocycles. The highest BCUT2D eigenvalue weighted by Gasteiger charge is 2.32.